The van der Waals surface area contributed by atoms with Crippen molar-refractivity contribution in [2.45, 2.75) is 12.5 Å². The number of amides is 2. The van der Waals surface area contributed by atoms with Gasteiger partial charge in [-0.15, -0.1) is 11.3 Å². The summed E-state index contributed by atoms with van der Waals surface area (Å²) in [6, 6.07) is 17.0. The molecule has 0 aliphatic carbocycles. The lowest BCUT2D eigenvalue weighted by molar-refractivity contribution is -0.134. The lowest BCUT2D eigenvalue weighted by atomic mass is 9.93. The summed E-state index contributed by atoms with van der Waals surface area (Å²) in [5, 5.41) is 2.08. The molecule has 1 unspecified atom stereocenters. The summed E-state index contributed by atoms with van der Waals surface area (Å²) >= 11 is 1.73. The highest BCUT2D eigenvalue weighted by Gasteiger charge is 2.34. The van der Waals surface area contributed by atoms with E-state index in [0.29, 0.717) is 30.2 Å². The Labute approximate surface area is 209 Å². The van der Waals surface area contributed by atoms with E-state index < -0.39 is 0 Å². The van der Waals surface area contributed by atoms with E-state index in [1.54, 1.807) is 36.6 Å². The summed E-state index contributed by atoms with van der Waals surface area (Å²) in [6.45, 7) is 1.15. The number of fused-ring (bicyclic) bond motifs is 1. The first kappa shape index (κ1) is 24.8. The molecule has 0 bridgehead atoms. The zero-order valence-electron chi connectivity index (χ0n) is 20.2. The molecule has 0 saturated heterocycles. The molecule has 1 aliphatic heterocycles. The third-order valence-corrected chi connectivity index (χ3v) is 7.18. The van der Waals surface area contributed by atoms with Crippen molar-refractivity contribution in [1.29, 1.82) is 0 Å². The Morgan fingerprint density at radius 3 is 2.40 bits per heavy atom. The third kappa shape index (κ3) is 5.49. The maximum absolute atomic E-state index is 13.7. The highest BCUT2D eigenvalue weighted by Crippen LogP contribution is 2.37. The quantitative estimate of drug-likeness (QED) is 0.449. The van der Waals surface area contributed by atoms with Crippen molar-refractivity contribution >= 4 is 23.2 Å². The summed E-state index contributed by atoms with van der Waals surface area (Å²) < 4.78 is 15.9. The molecular formula is C27H30N2O5S. The Hall–Kier alpha value is -3.36. The number of hydrogen-bond donors (Lipinski definition) is 0. The van der Waals surface area contributed by atoms with Gasteiger partial charge in [-0.05, 0) is 41.1 Å². The Morgan fingerprint density at radius 1 is 1.03 bits per heavy atom. The first-order valence-electron chi connectivity index (χ1n) is 11.5. The molecule has 0 fully saturated rings. The van der Waals surface area contributed by atoms with E-state index in [1.165, 1.54) is 24.0 Å². The summed E-state index contributed by atoms with van der Waals surface area (Å²) in [6.07, 6.45) is 0.807. The van der Waals surface area contributed by atoms with Gasteiger partial charge >= 0.3 is 0 Å². The van der Waals surface area contributed by atoms with Gasteiger partial charge in [-0.1, -0.05) is 30.3 Å². The predicted molar refractivity (Wildman–Crippen MR) is 135 cm³/mol. The van der Waals surface area contributed by atoms with E-state index in [9.17, 15) is 9.59 Å². The number of rotatable bonds is 9. The number of carbonyl (C=O) groups is 2. The minimum Gasteiger partial charge on any atom is -0.497 e. The van der Waals surface area contributed by atoms with Crippen LogP contribution < -0.4 is 9.47 Å². The molecule has 0 saturated carbocycles. The third-order valence-electron chi connectivity index (χ3n) is 6.18. The molecule has 2 heterocycles. The number of ether oxygens (including phenoxy) is 3. The highest BCUT2D eigenvalue weighted by atomic mass is 32.1. The van der Waals surface area contributed by atoms with Crippen LogP contribution in [0, 0.1) is 0 Å². The van der Waals surface area contributed by atoms with Gasteiger partial charge in [0.15, 0.2) is 0 Å². The Balaban J connectivity index is 1.61. The second-order valence-electron chi connectivity index (χ2n) is 8.27. The zero-order chi connectivity index (χ0) is 24.8. The van der Waals surface area contributed by atoms with E-state index in [-0.39, 0.29) is 30.9 Å². The smallest absolute Gasteiger partial charge is 0.254 e. The Bertz CT molecular complexity index is 1140. The van der Waals surface area contributed by atoms with E-state index >= 15 is 0 Å². The van der Waals surface area contributed by atoms with Gasteiger partial charge in [0.1, 0.15) is 18.0 Å². The van der Waals surface area contributed by atoms with Crippen LogP contribution >= 0.6 is 11.3 Å². The van der Waals surface area contributed by atoms with E-state index in [2.05, 4.69) is 11.4 Å². The molecule has 1 atom stereocenters. The molecule has 3 aromatic rings. The van der Waals surface area contributed by atoms with Crippen molar-refractivity contribution in [3.63, 3.8) is 0 Å². The SMILES string of the molecule is COCCN(CC(=O)N1CCc2sccc2C1c1ccccc1)C(=O)c1cc(OC)cc(OC)c1. The van der Waals surface area contributed by atoms with Gasteiger partial charge in [-0.3, -0.25) is 9.59 Å². The highest BCUT2D eigenvalue weighted by molar-refractivity contribution is 7.10. The van der Waals surface area contributed by atoms with Crippen molar-refractivity contribution in [3.05, 3.63) is 81.5 Å². The van der Waals surface area contributed by atoms with Gasteiger partial charge in [0, 0.05) is 36.7 Å². The fourth-order valence-corrected chi connectivity index (χ4v) is 5.31. The van der Waals surface area contributed by atoms with Crippen LogP contribution in [-0.2, 0) is 16.0 Å². The average Bonchev–Trinajstić information content (AvgIpc) is 3.39. The molecule has 1 aromatic heterocycles. The van der Waals surface area contributed by atoms with Crippen LogP contribution in [0.25, 0.3) is 0 Å². The molecular weight excluding hydrogens is 464 g/mol. The van der Waals surface area contributed by atoms with Crippen LogP contribution in [0.1, 0.15) is 32.4 Å². The monoisotopic (exact) mass is 494 g/mol. The van der Waals surface area contributed by atoms with Gasteiger partial charge in [0.2, 0.25) is 5.91 Å². The molecule has 8 heteroatoms. The minimum absolute atomic E-state index is 0.0511. The summed E-state index contributed by atoms with van der Waals surface area (Å²) in [5.41, 5.74) is 2.61. The van der Waals surface area contributed by atoms with Crippen molar-refractivity contribution in [2.24, 2.45) is 0 Å². The fourth-order valence-electron chi connectivity index (χ4n) is 4.40. The Kier molecular flexibility index (Phi) is 8.05. The second kappa shape index (κ2) is 11.4. The second-order valence-corrected chi connectivity index (χ2v) is 9.27. The van der Waals surface area contributed by atoms with Crippen LogP contribution in [0.15, 0.2) is 60.0 Å². The number of nitrogens with zero attached hydrogens (tertiary/aromatic N) is 2. The molecule has 2 aromatic carbocycles. The molecule has 0 N–H and O–H groups in total. The van der Waals surface area contributed by atoms with Gasteiger partial charge in [0.25, 0.3) is 5.91 Å². The van der Waals surface area contributed by atoms with Gasteiger partial charge in [0.05, 0.1) is 26.9 Å². The van der Waals surface area contributed by atoms with Crippen molar-refractivity contribution in [3.8, 4) is 11.5 Å². The minimum atomic E-state index is -0.280. The molecule has 4 rings (SSSR count). The lowest BCUT2D eigenvalue weighted by Gasteiger charge is -2.37. The van der Waals surface area contributed by atoms with Crippen LogP contribution in [0.4, 0.5) is 0 Å². The summed E-state index contributed by atoms with van der Waals surface area (Å²) in [5.74, 6) is 0.638. The Morgan fingerprint density at radius 2 is 1.74 bits per heavy atom. The normalized spacial score (nSPS) is 14.8. The average molecular weight is 495 g/mol. The van der Waals surface area contributed by atoms with Crippen LogP contribution in [-0.4, -0.2) is 69.2 Å². The molecule has 184 valence electrons. The lowest BCUT2D eigenvalue weighted by Crippen LogP contribution is -2.47. The van der Waals surface area contributed by atoms with Crippen LogP contribution in [0.5, 0.6) is 11.5 Å². The summed E-state index contributed by atoms with van der Waals surface area (Å²) in [7, 11) is 4.65. The van der Waals surface area contributed by atoms with E-state index in [1.807, 2.05) is 35.2 Å². The molecule has 2 amide bonds. The molecule has 0 radical (unpaired) electrons. The summed E-state index contributed by atoms with van der Waals surface area (Å²) in [4.78, 5) is 31.9. The first-order chi connectivity index (χ1) is 17.0. The number of benzene rings is 2. The maximum atomic E-state index is 13.7. The van der Waals surface area contributed by atoms with Gasteiger partial charge < -0.3 is 24.0 Å². The van der Waals surface area contributed by atoms with E-state index in [0.717, 1.165) is 17.5 Å². The number of carbonyl (C=O) groups excluding carboxylic acids is 2. The molecule has 0 spiro atoms. The predicted octanol–water partition coefficient (Wildman–Crippen LogP) is 4.03. The van der Waals surface area contributed by atoms with Crippen molar-refractivity contribution in [1.82, 2.24) is 9.80 Å². The number of thiophene rings is 1. The first-order valence-corrected chi connectivity index (χ1v) is 12.4. The zero-order valence-corrected chi connectivity index (χ0v) is 21.0. The van der Waals surface area contributed by atoms with E-state index in [4.69, 9.17) is 14.2 Å². The standard InChI is InChI=1S/C27H30N2O5S/c1-32-13-12-28(27(31)20-15-21(33-2)17-22(16-20)34-3)18-25(30)29-11-9-24-23(10-14-35-24)26(29)19-7-5-4-6-8-19/h4-8,10,14-17,26H,9,11-13,18H2,1-3H3. The number of hydrogen-bond acceptors (Lipinski definition) is 6. The topological polar surface area (TPSA) is 68.3 Å². The van der Waals surface area contributed by atoms with Crippen molar-refractivity contribution in [2.75, 3.05) is 47.6 Å². The van der Waals surface area contributed by atoms with Crippen LogP contribution in [0.3, 0.4) is 0 Å². The van der Waals surface area contributed by atoms with Gasteiger partial charge in [-0.25, -0.2) is 0 Å². The maximum Gasteiger partial charge on any atom is 0.254 e. The van der Waals surface area contributed by atoms with Crippen molar-refractivity contribution < 1.29 is 23.8 Å². The molecule has 1 aliphatic rings. The molecule has 35 heavy (non-hydrogen) atoms. The number of methoxy groups -OCH3 is 3. The largest absolute Gasteiger partial charge is 0.497 e. The van der Waals surface area contributed by atoms with Crippen LogP contribution in [0.2, 0.25) is 0 Å². The fraction of sp³-hybridized carbons (Fsp3) is 0.333. The van der Waals surface area contributed by atoms with Gasteiger partial charge in [-0.2, -0.15) is 0 Å². The molecule has 7 nitrogen and oxygen atoms in total.